The standard InChI is InChI=1S/C20H28N6O/c1-20(2,3)24-19(27)13-22-9-10-26(14-18-12-23-15-25(18)4)17-7-5-16(11-21)6-8-17/h5-8,12,15,22H,9-10,13-14H2,1-4H3,(H,24,27). The van der Waals surface area contributed by atoms with Gasteiger partial charge in [0.1, 0.15) is 0 Å². The van der Waals surface area contributed by atoms with E-state index in [0.717, 1.165) is 17.9 Å². The van der Waals surface area contributed by atoms with Crippen LogP contribution in [0, 0.1) is 11.3 Å². The Hall–Kier alpha value is -2.85. The number of amides is 1. The van der Waals surface area contributed by atoms with E-state index in [1.165, 1.54) is 0 Å². The van der Waals surface area contributed by atoms with Crippen molar-refractivity contribution in [1.29, 1.82) is 5.26 Å². The number of nitrogens with zero attached hydrogens (tertiary/aromatic N) is 4. The minimum absolute atomic E-state index is 0.0148. The molecule has 1 aromatic carbocycles. The molecule has 1 heterocycles. The molecule has 0 unspecified atom stereocenters. The molecule has 7 nitrogen and oxygen atoms in total. The summed E-state index contributed by atoms with van der Waals surface area (Å²) in [6.07, 6.45) is 3.63. The molecule has 0 atom stereocenters. The average Bonchev–Trinajstić information content (AvgIpc) is 3.01. The first-order chi connectivity index (χ1) is 12.8. The number of hydrogen-bond donors (Lipinski definition) is 2. The maximum atomic E-state index is 11.9. The molecular formula is C20H28N6O. The molecular weight excluding hydrogens is 340 g/mol. The Morgan fingerprint density at radius 2 is 2.00 bits per heavy atom. The van der Waals surface area contributed by atoms with Crippen LogP contribution in [0.2, 0.25) is 0 Å². The molecule has 2 N–H and O–H groups in total. The summed E-state index contributed by atoms with van der Waals surface area (Å²) in [7, 11) is 1.97. The number of rotatable bonds is 8. The second kappa shape index (κ2) is 9.19. The van der Waals surface area contributed by atoms with Gasteiger partial charge >= 0.3 is 0 Å². The highest BCUT2D eigenvalue weighted by atomic mass is 16.2. The Kier molecular flexibility index (Phi) is 6.97. The first-order valence-electron chi connectivity index (χ1n) is 9.00. The predicted octanol–water partition coefficient (Wildman–Crippen LogP) is 1.80. The second-order valence-electron chi connectivity index (χ2n) is 7.55. The quantitative estimate of drug-likeness (QED) is 0.694. The molecule has 7 heteroatoms. The van der Waals surface area contributed by atoms with Gasteiger partial charge in [-0.3, -0.25) is 4.79 Å². The van der Waals surface area contributed by atoms with Crippen LogP contribution in [0.1, 0.15) is 32.0 Å². The first-order valence-corrected chi connectivity index (χ1v) is 9.00. The number of nitrogens with one attached hydrogen (secondary N) is 2. The maximum absolute atomic E-state index is 11.9. The molecule has 144 valence electrons. The highest BCUT2D eigenvalue weighted by molar-refractivity contribution is 5.78. The van der Waals surface area contributed by atoms with Crippen LogP contribution in [0.5, 0.6) is 0 Å². The summed E-state index contributed by atoms with van der Waals surface area (Å²) >= 11 is 0. The van der Waals surface area contributed by atoms with E-state index in [1.54, 1.807) is 6.33 Å². The van der Waals surface area contributed by atoms with Crippen molar-refractivity contribution < 1.29 is 4.79 Å². The third-order valence-electron chi connectivity index (χ3n) is 3.99. The molecule has 0 aliphatic rings. The zero-order chi connectivity index (χ0) is 19.9. The van der Waals surface area contributed by atoms with E-state index in [-0.39, 0.29) is 18.0 Å². The van der Waals surface area contributed by atoms with Crippen LogP contribution in [-0.4, -0.2) is 40.6 Å². The number of hydrogen-bond acceptors (Lipinski definition) is 5. The fraction of sp³-hybridized carbons (Fsp3) is 0.450. The molecule has 0 fully saturated rings. The third kappa shape index (κ3) is 6.76. The Morgan fingerprint density at radius 1 is 1.30 bits per heavy atom. The van der Waals surface area contributed by atoms with Crippen LogP contribution >= 0.6 is 0 Å². The van der Waals surface area contributed by atoms with Gasteiger partial charge in [-0.25, -0.2) is 4.98 Å². The van der Waals surface area contributed by atoms with Crippen LogP contribution in [0.3, 0.4) is 0 Å². The lowest BCUT2D eigenvalue weighted by atomic mass is 10.1. The van der Waals surface area contributed by atoms with Gasteiger partial charge in [-0.05, 0) is 45.0 Å². The molecule has 2 rings (SSSR count). The van der Waals surface area contributed by atoms with Gasteiger partial charge in [-0.2, -0.15) is 5.26 Å². The summed E-state index contributed by atoms with van der Waals surface area (Å²) in [5, 5.41) is 15.1. The molecule has 0 bridgehead atoms. The lowest BCUT2D eigenvalue weighted by molar-refractivity contribution is -0.121. The number of nitriles is 1. The van der Waals surface area contributed by atoms with Crippen molar-refractivity contribution in [2.75, 3.05) is 24.5 Å². The van der Waals surface area contributed by atoms with Gasteiger partial charge in [-0.1, -0.05) is 0 Å². The smallest absolute Gasteiger partial charge is 0.234 e. The van der Waals surface area contributed by atoms with Crippen LogP contribution in [0.15, 0.2) is 36.8 Å². The van der Waals surface area contributed by atoms with E-state index >= 15 is 0 Å². The van der Waals surface area contributed by atoms with E-state index in [2.05, 4.69) is 26.6 Å². The topological polar surface area (TPSA) is 86.0 Å². The van der Waals surface area contributed by atoms with Crippen molar-refractivity contribution in [2.45, 2.75) is 32.9 Å². The summed E-state index contributed by atoms with van der Waals surface area (Å²) < 4.78 is 1.99. The van der Waals surface area contributed by atoms with E-state index < -0.39 is 0 Å². The summed E-state index contributed by atoms with van der Waals surface area (Å²) in [5.74, 6) is -0.0148. The van der Waals surface area contributed by atoms with Crippen molar-refractivity contribution >= 4 is 11.6 Å². The largest absolute Gasteiger partial charge is 0.364 e. The molecule has 0 saturated carbocycles. The molecule has 0 radical (unpaired) electrons. The highest BCUT2D eigenvalue weighted by Crippen LogP contribution is 2.17. The normalized spacial score (nSPS) is 11.1. The van der Waals surface area contributed by atoms with Gasteiger partial charge in [0.05, 0.1) is 36.7 Å². The summed E-state index contributed by atoms with van der Waals surface area (Å²) in [5.41, 5.74) is 2.52. The van der Waals surface area contributed by atoms with E-state index in [4.69, 9.17) is 5.26 Å². The van der Waals surface area contributed by atoms with E-state index in [0.29, 0.717) is 18.7 Å². The van der Waals surface area contributed by atoms with Crippen molar-refractivity contribution in [1.82, 2.24) is 20.2 Å². The van der Waals surface area contributed by atoms with E-state index in [1.807, 2.05) is 62.8 Å². The fourth-order valence-electron chi connectivity index (χ4n) is 2.66. The number of benzene rings is 1. The molecule has 27 heavy (non-hydrogen) atoms. The molecule has 1 aromatic heterocycles. The number of carbonyl (C=O) groups is 1. The predicted molar refractivity (Wildman–Crippen MR) is 106 cm³/mol. The van der Waals surface area contributed by atoms with Crippen molar-refractivity contribution in [2.24, 2.45) is 7.05 Å². The van der Waals surface area contributed by atoms with Gasteiger partial charge in [0.2, 0.25) is 5.91 Å². The van der Waals surface area contributed by atoms with Gasteiger partial charge in [-0.15, -0.1) is 0 Å². The van der Waals surface area contributed by atoms with Gasteiger partial charge < -0.3 is 20.1 Å². The van der Waals surface area contributed by atoms with Crippen LogP contribution in [0.4, 0.5) is 5.69 Å². The second-order valence-corrected chi connectivity index (χ2v) is 7.55. The number of carbonyl (C=O) groups excluding carboxylic acids is 1. The SMILES string of the molecule is Cn1cncc1CN(CCNCC(=O)NC(C)(C)C)c1ccc(C#N)cc1. The van der Waals surface area contributed by atoms with Crippen LogP contribution < -0.4 is 15.5 Å². The zero-order valence-corrected chi connectivity index (χ0v) is 16.5. The number of aryl methyl sites for hydroxylation is 1. The van der Waals surface area contributed by atoms with Crippen LogP contribution in [0.25, 0.3) is 0 Å². The lowest BCUT2D eigenvalue weighted by Gasteiger charge is -2.25. The highest BCUT2D eigenvalue weighted by Gasteiger charge is 2.14. The first kappa shape index (κ1) is 20.5. The number of imidazole rings is 1. The molecule has 0 spiro atoms. The lowest BCUT2D eigenvalue weighted by Crippen LogP contribution is -2.45. The minimum atomic E-state index is -0.229. The third-order valence-corrected chi connectivity index (χ3v) is 3.99. The summed E-state index contributed by atoms with van der Waals surface area (Å²) in [4.78, 5) is 18.3. The molecule has 0 aliphatic carbocycles. The van der Waals surface area contributed by atoms with Crippen molar-refractivity contribution in [3.05, 3.63) is 48.0 Å². The molecule has 2 aromatic rings. The Labute approximate surface area is 161 Å². The Morgan fingerprint density at radius 3 is 2.56 bits per heavy atom. The maximum Gasteiger partial charge on any atom is 0.234 e. The monoisotopic (exact) mass is 368 g/mol. The Balaban J connectivity index is 1.97. The summed E-state index contributed by atoms with van der Waals surface area (Å²) in [6.45, 7) is 8.25. The van der Waals surface area contributed by atoms with Gasteiger partial charge in [0.15, 0.2) is 0 Å². The van der Waals surface area contributed by atoms with Crippen LogP contribution in [-0.2, 0) is 18.4 Å². The Bertz CT molecular complexity index is 782. The minimum Gasteiger partial charge on any atom is -0.364 e. The van der Waals surface area contributed by atoms with Gasteiger partial charge in [0, 0.05) is 37.6 Å². The molecule has 0 aliphatic heterocycles. The molecule has 1 amide bonds. The fourth-order valence-corrected chi connectivity index (χ4v) is 2.66. The zero-order valence-electron chi connectivity index (χ0n) is 16.5. The average molecular weight is 368 g/mol. The summed E-state index contributed by atoms with van der Waals surface area (Å²) in [6, 6.07) is 9.66. The van der Waals surface area contributed by atoms with Gasteiger partial charge in [0.25, 0.3) is 0 Å². The van der Waals surface area contributed by atoms with E-state index in [9.17, 15) is 4.79 Å². The number of aromatic nitrogens is 2. The van der Waals surface area contributed by atoms with Crippen molar-refractivity contribution in [3.63, 3.8) is 0 Å². The number of anilines is 1. The van der Waals surface area contributed by atoms with Crippen molar-refractivity contribution in [3.8, 4) is 6.07 Å². The molecule has 0 saturated heterocycles.